The third kappa shape index (κ3) is 4.90. The standard InChI is InChI=1S/C23H25FN4O/c1-16-13-25-22(26-16)15-28-11-3-5-19(14-28)23(29)27-21-9-7-17(8-10-21)18-4-2-6-20(24)12-18/h2,4,6-10,12-13,19H,3,5,11,14-15H2,1H3,(H,25,26)(H,27,29). The van der Waals surface area contributed by atoms with E-state index in [9.17, 15) is 9.18 Å². The fourth-order valence-corrected chi connectivity index (χ4v) is 3.83. The summed E-state index contributed by atoms with van der Waals surface area (Å²) in [7, 11) is 0. The van der Waals surface area contributed by atoms with E-state index in [4.69, 9.17) is 0 Å². The zero-order valence-electron chi connectivity index (χ0n) is 16.5. The molecule has 0 spiro atoms. The van der Waals surface area contributed by atoms with Gasteiger partial charge in [0.25, 0.3) is 0 Å². The minimum Gasteiger partial charge on any atom is -0.345 e. The maximum Gasteiger partial charge on any atom is 0.228 e. The van der Waals surface area contributed by atoms with Crippen molar-refractivity contribution in [1.29, 1.82) is 0 Å². The number of rotatable bonds is 5. The summed E-state index contributed by atoms with van der Waals surface area (Å²) in [6.07, 6.45) is 3.72. The highest BCUT2D eigenvalue weighted by atomic mass is 19.1. The highest BCUT2D eigenvalue weighted by Gasteiger charge is 2.26. The van der Waals surface area contributed by atoms with E-state index in [-0.39, 0.29) is 17.6 Å². The number of hydrogen-bond acceptors (Lipinski definition) is 3. The Morgan fingerprint density at radius 3 is 2.79 bits per heavy atom. The summed E-state index contributed by atoms with van der Waals surface area (Å²) in [6, 6.07) is 14.0. The second kappa shape index (κ2) is 8.57. The monoisotopic (exact) mass is 392 g/mol. The number of halogens is 1. The van der Waals surface area contributed by atoms with Crippen LogP contribution in [-0.2, 0) is 11.3 Å². The normalized spacial score (nSPS) is 17.2. The minimum absolute atomic E-state index is 0.0392. The van der Waals surface area contributed by atoms with Crippen molar-refractivity contribution < 1.29 is 9.18 Å². The molecule has 3 aromatic rings. The van der Waals surface area contributed by atoms with E-state index in [1.54, 1.807) is 6.07 Å². The van der Waals surface area contributed by atoms with Crippen molar-refractivity contribution in [3.8, 4) is 11.1 Å². The Hall–Kier alpha value is -2.99. The molecule has 1 aromatic heterocycles. The molecule has 0 bridgehead atoms. The number of piperidine rings is 1. The number of nitrogens with zero attached hydrogens (tertiary/aromatic N) is 2. The number of aromatic amines is 1. The molecule has 150 valence electrons. The Balaban J connectivity index is 1.36. The van der Waals surface area contributed by atoms with Crippen LogP contribution in [0.4, 0.5) is 10.1 Å². The SMILES string of the molecule is Cc1cnc(CN2CCCC(C(=O)Nc3ccc(-c4cccc(F)c4)cc3)C2)[nH]1. The van der Waals surface area contributed by atoms with Crippen molar-refractivity contribution in [2.75, 3.05) is 18.4 Å². The number of H-pyrrole nitrogens is 1. The first kappa shape index (κ1) is 19.3. The average Bonchev–Trinajstić information content (AvgIpc) is 3.13. The zero-order valence-corrected chi connectivity index (χ0v) is 16.5. The summed E-state index contributed by atoms with van der Waals surface area (Å²) in [5.74, 6) is 0.689. The second-order valence-corrected chi connectivity index (χ2v) is 7.66. The van der Waals surface area contributed by atoms with Crippen molar-refractivity contribution >= 4 is 11.6 Å². The van der Waals surface area contributed by atoms with Crippen LogP contribution < -0.4 is 5.32 Å². The molecule has 1 aliphatic rings. The van der Waals surface area contributed by atoms with Crippen LogP contribution in [-0.4, -0.2) is 33.9 Å². The third-order valence-corrected chi connectivity index (χ3v) is 5.32. The van der Waals surface area contributed by atoms with Gasteiger partial charge in [-0.25, -0.2) is 9.37 Å². The fourth-order valence-electron chi connectivity index (χ4n) is 3.83. The molecular weight excluding hydrogens is 367 g/mol. The van der Waals surface area contributed by atoms with E-state index in [0.29, 0.717) is 0 Å². The summed E-state index contributed by atoms with van der Waals surface area (Å²) in [5.41, 5.74) is 3.54. The Morgan fingerprint density at radius 1 is 1.24 bits per heavy atom. The molecule has 1 unspecified atom stereocenters. The number of carbonyl (C=O) groups excluding carboxylic acids is 1. The van der Waals surface area contributed by atoms with E-state index in [1.807, 2.05) is 43.5 Å². The van der Waals surface area contributed by atoms with Crippen molar-refractivity contribution in [1.82, 2.24) is 14.9 Å². The van der Waals surface area contributed by atoms with Crippen LogP contribution in [0.5, 0.6) is 0 Å². The third-order valence-electron chi connectivity index (χ3n) is 5.32. The lowest BCUT2D eigenvalue weighted by Crippen LogP contribution is -2.40. The van der Waals surface area contributed by atoms with Crippen molar-refractivity contribution in [2.45, 2.75) is 26.3 Å². The minimum atomic E-state index is -0.258. The Bertz CT molecular complexity index is 983. The number of benzene rings is 2. The molecule has 4 rings (SSSR count). The number of imidazole rings is 1. The molecule has 1 aliphatic heterocycles. The van der Waals surface area contributed by atoms with Gasteiger partial charge in [-0.3, -0.25) is 9.69 Å². The van der Waals surface area contributed by atoms with Crippen LogP contribution in [0.2, 0.25) is 0 Å². The number of amides is 1. The summed E-state index contributed by atoms with van der Waals surface area (Å²) < 4.78 is 13.4. The van der Waals surface area contributed by atoms with Gasteiger partial charge in [-0.15, -0.1) is 0 Å². The van der Waals surface area contributed by atoms with Crippen molar-refractivity contribution in [3.63, 3.8) is 0 Å². The molecule has 0 aliphatic carbocycles. The fraction of sp³-hybridized carbons (Fsp3) is 0.304. The Morgan fingerprint density at radius 2 is 2.07 bits per heavy atom. The highest BCUT2D eigenvalue weighted by molar-refractivity contribution is 5.93. The smallest absolute Gasteiger partial charge is 0.228 e. The summed E-state index contributed by atoms with van der Waals surface area (Å²) in [5, 5.41) is 3.03. The summed E-state index contributed by atoms with van der Waals surface area (Å²) in [6.45, 7) is 4.43. The van der Waals surface area contributed by atoms with Gasteiger partial charge in [0.2, 0.25) is 5.91 Å². The zero-order chi connectivity index (χ0) is 20.2. The van der Waals surface area contributed by atoms with E-state index >= 15 is 0 Å². The highest BCUT2D eigenvalue weighted by Crippen LogP contribution is 2.24. The van der Waals surface area contributed by atoms with Crippen molar-refractivity contribution in [3.05, 3.63) is 72.1 Å². The molecule has 29 heavy (non-hydrogen) atoms. The topological polar surface area (TPSA) is 61.0 Å². The number of carbonyl (C=O) groups is 1. The van der Waals surface area contributed by atoms with E-state index in [2.05, 4.69) is 20.2 Å². The Kier molecular flexibility index (Phi) is 5.71. The van der Waals surface area contributed by atoms with Gasteiger partial charge in [0, 0.05) is 24.1 Å². The molecule has 0 radical (unpaired) electrons. The molecular formula is C23H25FN4O. The molecule has 2 aromatic carbocycles. The Labute approximate surface area is 170 Å². The van der Waals surface area contributed by atoms with Gasteiger partial charge in [0.1, 0.15) is 11.6 Å². The van der Waals surface area contributed by atoms with Crippen LogP contribution in [0.15, 0.2) is 54.7 Å². The van der Waals surface area contributed by atoms with Crippen LogP contribution in [0.25, 0.3) is 11.1 Å². The molecule has 2 heterocycles. The molecule has 1 amide bonds. The average molecular weight is 392 g/mol. The van der Waals surface area contributed by atoms with Gasteiger partial charge >= 0.3 is 0 Å². The van der Waals surface area contributed by atoms with Gasteiger partial charge in [-0.2, -0.15) is 0 Å². The number of anilines is 1. The van der Waals surface area contributed by atoms with Gasteiger partial charge in [-0.1, -0.05) is 24.3 Å². The first-order chi connectivity index (χ1) is 14.1. The molecule has 1 atom stereocenters. The molecule has 1 saturated heterocycles. The number of aromatic nitrogens is 2. The largest absolute Gasteiger partial charge is 0.345 e. The van der Waals surface area contributed by atoms with Crippen LogP contribution in [0.1, 0.15) is 24.4 Å². The van der Waals surface area contributed by atoms with Gasteiger partial charge in [0.15, 0.2) is 0 Å². The van der Waals surface area contributed by atoms with E-state index < -0.39 is 0 Å². The first-order valence-electron chi connectivity index (χ1n) is 9.96. The maximum atomic E-state index is 13.4. The van der Waals surface area contributed by atoms with Gasteiger partial charge in [0.05, 0.1) is 12.5 Å². The first-order valence-corrected chi connectivity index (χ1v) is 9.96. The van der Waals surface area contributed by atoms with Crippen LogP contribution in [0, 0.1) is 18.7 Å². The number of hydrogen-bond donors (Lipinski definition) is 2. The molecule has 6 heteroatoms. The summed E-state index contributed by atoms with van der Waals surface area (Å²) in [4.78, 5) is 22.7. The van der Waals surface area contributed by atoms with Gasteiger partial charge < -0.3 is 10.3 Å². The molecule has 1 fully saturated rings. The van der Waals surface area contributed by atoms with Crippen LogP contribution in [0.3, 0.4) is 0 Å². The maximum absolute atomic E-state index is 13.4. The number of likely N-dealkylation sites (tertiary alicyclic amines) is 1. The molecule has 5 nitrogen and oxygen atoms in total. The number of nitrogens with one attached hydrogen (secondary N) is 2. The second-order valence-electron chi connectivity index (χ2n) is 7.66. The van der Waals surface area contributed by atoms with Gasteiger partial charge in [-0.05, 0) is 61.7 Å². The lowest BCUT2D eigenvalue weighted by atomic mass is 9.97. The molecule has 2 N–H and O–H groups in total. The summed E-state index contributed by atoms with van der Waals surface area (Å²) >= 11 is 0. The quantitative estimate of drug-likeness (QED) is 0.678. The number of aryl methyl sites for hydroxylation is 1. The predicted molar refractivity (Wildman–Crippen MR) is 112 cm³/mol. The predicted octanol–water partition coefficient (Wildman–Crippen LogP) is 4.37. The van der Waals surface area contributed by atoms with Crippen molar-refractivity contribution in [2.24, 2.45) is 5.92 Å². The van der Waals surface area contributed by atoms with E-state index in [0.717, 1.165) is 60.8 Å². The van der Waals surface area contributed by atoms with E-state index in [1.165, 1.54) is 12.1 Å². The van der Waals surface area contributed by atoms with Crippen LogP contribution >= 0.6 is 0 Å². The molecule has 0 saturated carbocycles. The lowest BCUT2D eigenvalue weighted by molar-refractivity contribution is -0.121. The lowest BCUT2D eigenvalue weighted by Gasteiger charge is -2.31.